The highest BCUT2D eigenvalue weighted by Gasteiger charge is 2.03. The number of aromatic carboxylic acids is 1. The predicted molar refractivity (Wildman–Crippen MR) is 77.4 cm³/mol. The highest BCUT2D eigenvalue weighted by molar-refractivity contribution is 9.10. The lowest BCUT2D eigenvalue weighted by atomic mass is 10.2. The first-order chi connectivity index (χ1) is 9.06. The number of benzene rings is 1. The lowest BCUT2D eigenvalue weighted by Gasteiger charge is -2.07. The molecular weight excluding hydrogens is 308 g/mol. The number of aromatic nitrogens is 1. The van der Waals surface area contributed by atoms with Gasteiger partial charge in [-0.25, -0.2) is 4.79 Å². The van der Waals surface area contributed by atoms with Crippen LogP contribution in [-0.4, -0.2) is 16.1 Å². The van der Waals surface area contributed by atoms with Crippen LogP contribution in [0.5, 0.6) is 0 Å². The van der Waals surface area contributed by atoms with Crippen molar-refractivity contribution in [3.63, 3.8) is 0 Å². The van der Waals surface area contributed by atoms with Crippen molar-refractivity contribution in [1.29, 1.82) is 0 Å². The SMILES string of the molecule is Cc1ccc(NCc2ccc(C(=O)O)cn2)cc1Br. The van der Waals surface area contributed by atoms with Crippen LogP contribution in [-0.2, 0) is 6.54 Å². The number of nitrogens with one attached hydrogen (secondary N) is 1. The number of rotatable bonds is 4. The van der Waals surface area contributed by atoms with Crippen molar-refractivity contribution in [3.05, 3.63) is 57.8 Å². The minimum Gasteiger partial charge on any atom is -0.478 e. The Bertz CT molecular complexity index is 597. The highest BCUT2D eigenvalue weighted by atomic mass is 79.9. The van der Waals surface area contributed by atoms with Gasteiger partial charge in [-0.1, -0.05) is 22.0 Å². The predicted octanol–water partition coefficient (Wildman–Crippen LogP) is 3.46. The van der Waals surface area contributed by atoms with Crippen molar-refractivity contribution in [1.82, 2.24) is 4.98 Å². The molecule has 0 aliphatic heterocycles. The normalized spacial score (nSPS) is 10.2. The largest absolute Gasteiger partial charge is 0.478 e. The number of hydrogen-bond donors (Lipinski definition) is 2. The molecule has 0 saturated carbocycles. The lowest BCUT2D eigenvalue weighted by Crippen LogP contribution is -2.03. The molecule has 0 bridgehead atoms. The van der Waals surface area contributed by atoms with E-state index in [0.717, 1.165) is 15.9 Å². The second-order valence-corrected chi connectivity index (χ2v) is 5.02. The molecule has 0 atom stereocenters. The maximum absolute atomic E-state index is 10.7. The van der Waals surface area contributed by atoms with Gasteiger partial charge in [-0.15, -0.1) is 0 Å². The van der Waals surface area contributed by atoms with Gasteiger partial charge in [0.2, 0.25) is 0 Å². The zero-order chi connectivity index (χ0) is 13.8. The van der Waals surface area contributed by atoms with Gasteiger partial charge in [-0.2, -0.15) is 0 Å². The monoisotopic (exact) mass is 320 g/mol. The topological polar surface area (TPSA) is 62.2 Å². The summed E-state index contributed by atoms with van der Waals surface area (Å²) in [5.41, 5.74) is 3.15. The molecule has 1 aromatic carbocycles. The summed E-state index contributed by atoms with van der Waals surface area (Å²) in [6.07, 6.45) is 1.37. The Morgan fingerprint density at radius 1 is 1.37 bits per heavy atom. The third kappa shape index (κ3) is 3.54. The summed E-state index contributed by atoms with van der Waals surface area (Å²) in [5, 5.41) is 12.0. The Morgan fingerprint density at radius 2 is 2.16 bits per heavy atom. The highest BCUT2D eigenvalue weighted by Crippen LogP contribution is 2.20. The third-order valence-electron chi connectivity index (χ3n) is 2.72. The summed E-state index contributed by atoms with van der Waals surface area (Å²) < 4.78 is 1.05. The van der Waals surface area contributed by atoms with Crippen LogP contribution < -0.4 is 5.32 Å². The molecule has 4 nitrogen and oxygen atoms in total. The molecule has 2 rings (SSSR count). The van der Waals surface area contributed by atoms with E-state index >= 15 is 0 Å². The molecule has 1 aromatic heterocycles. The van der Waals surface area contributed by atoms with E-state index in [9.17, 15) is 4.79 Å². The van der Waals surface area contributed by atoms with Crippen LogP contribution in [0.3, 0.4) is 0 Å². The Labute approximate surface area is 119 Å². The van der Waals surface area contributed by atoms with Crippen molar-refractivity contribution >= 4 is 27.6 Å². The van der Waals surface area contributed by atoms with Crippen LogP contribution in [0, 0.1) is 6.92 Å². The fourth-order valence-electron chi connectivity index (χ4n) is 1.55. The number of anilines is 1. The second-order valence-electron chi connectivity index (χ2n) is 4.16. The molecule has 0 amide bonds. The Balaban J connectivity index is 2.01. The van der Waals surface area contributed by atoms with Crippen LogP contribution >= 0.6 is 15.9 Å². The molecule has 2 N–H and O–H groups in total. The number of carboxylic acid groups (broad SMARTS) is 1. The van der Waals surface area contributed by atoms with E-state index in [1.54, 1.807) is 12.1 Å². The van der Waals surface area contributed by atoms with Gasteiger partial charge in [-0.05, 0) is 36.8 Å². The quantitative estimate of drug-likeness (QED) is 0.905. The lowest BCUT2D eigenvalue weighted by molar-refractivity contribution is 0.0696. The van der Waals surface area contributed by atoms with Crippen LogP contribution in [0.1, 0.15) is 21.6 Å². The molecule has 0 fully saturated rings. The van der Waals surface area contributed by atoms with Crippen molar-refractivity contribution in [2.45, 2.75) is 13.5 Å². The molecule has 0 unspecified atom stereocenters. The molecule has 5 heteroatoms. The maximum atomic E-state index is 10.7. The van der Waals surface area contributed by atoms with Crippen LogP contribution in [0.15, 0.2) is 41.0 Å². The molecule has 0 saturated heterocycles. The molecule has 0 aliphatic rings. The molecular formula is C14H13BrN2O2. The van der Waals surface area contributed by atoms with E-state index in [4.69, 9.17) is 5.11 Å². The van der Waals surface area contributed by atoms with E-state index in [2.05, 4.69) is 26.2 Å². The maximum Gasteiger partial charge on any atom is 0.337 e. The summed E-state index contributed by atoms with van der Waals surface area (Å²) in [5.74, 6) is -0.963. The van der Waals surface area contributed by atoms with Gasteiger partial charge in [0.05, 0.1) is 17.8 Å². The zero-order valence-corrected chi connectivity index (χ0v) is 11.9. The van der Waals surface area contributed by atoms with Crippen molar-refractivity contribution in [2.24, 2.45) is 0 Å². The molecule has 98 valence electrons. The van der Waals surface area contributed by atoms with Crippen LogP contribution in [0.4, 0.5) is 5.69 Å². The number of carboxylic acids is 1. The van der Waals surface area contributed by atoms with Crippen molar-refractivity contribution in [3.8, 4) is 0 Å². The van der Waals surface area contributed by atoms with Gasteiger partial charge < -0.3 is 10.4 Å². The summed E-state index contributed by atoms with van der Waals surface area (Å²) in [6.45, 7) is 2.58. The molecule has 2 aromatic rings. The van der Waals surface area contributed by atoms with Gasteiger partial charge in [0, 0.05) is 16.4 Å². The van der Waals surface area contributed by atoms with E-state index in [1.807, 2.05) is 25.1 Å². The van der Waals surface area contributed by atoms with Gasteiger partial charge in [0.15, 0.2) is 0 Å². The molecule has 0 radical (unpaired) electrons. The first-order valence-electron chi connectivity index (χ1n) is 5.74. The Morgan fingerprint density at radius 3 is 2.74 bits per heavy atom. The average Bonchev–Trinajstić information content (AvgIpc) is 2.40. The fourth-order valence-corrected chi connectivity index (χ4v) is 1.93. The average molecular weight is 321 g/mol. The third-order valence-corrected chi connectivity index (χ3v) is 3.57. The minimum absolute atomic E-state index is 0.196. The van der Waals surface area contributed by atoms with Crippen LogP contribution in [0.25, 0.3) is 0 Å². The minimum atomic E-state index is -0.963. The van der Waals surface area contributed by atoms with E-state index in [1.165, 1.54) is 11.8 Å². The molecule has 1 heterocycles. The molecule has 19 heavy (non-hydrogen) atoms. The van der Waals surface area contributed by atoms with E-state index in [0.29, 0.717) is 6.54 Å². The summed E-state index contributed by atoms with van der Waals surface area (Å²) in [4.78, 5) is 14.8. The number of carbonyl (C=O) groups is 1. The van der Waals surface area contributed by atoms with Gasteiger partial charge >= 0.3 is 5.97 Å². The van der Waals surface area contributed by atoms with Gasteiger partial charge in [-0.3, -0.25) is 4.98 Å². The zero-order valence-electron chi connectivity index (χ0n) is 10.4. The van der Waals surface area contributed by atoms with Crippen molar-refractivity contribution in [2.75, 3.05) is 5.32 Å². The molecule has 0 spiro atoms. The Kier molecular flexibility index (Phi) is 4.16. The molecule has 0 aliphatic carbocycles. The second kappa shape index (κ2) is 5.84. The van der Waals surface area contributed by atoms with E-state index < -0.39 is 5.97 Å². The fraction of sp³-hybridized carbons (Fsp3) is 0.143. The number of hydrogen-bond acceptors (Lipinski definition) is 3. The van der Waals surface area contributed by atoms with E-state index in [-0.39, 0.29) is 5.56 Å². The summed E-state index contributed by atoms with van der Waals surface area (Å²) in [6, 6.07) is 9.27. The first-order valence-corrected chi connectivity index (χ1v) is 6.54. The first kappa shape index (κ1) is 13.5. The Hall–Kier alpha value is -1.88. The van der Waals surface area contributed by atoms with Crippen molar-refractivity contribution < 1.29 is 9.90 Å². The van der Waals surface area contributed by atoms with Crippen LogP contribution in [0.2, 0.25) is 0 Å². The number of pyridine rings is 1. The number of halogens is 1. The number of nitrogens with zero attached hydrogens (tertiary/aromatic N) is 1. The standard InChI is InChI=1S/C14H13BrN2O2/c1-9-2-4-11(6-13(9)15)17-8-12-5-3-10(7-16-12)14(18)19/h2-7,17H,8H2,1H3,(H,18,19). The number of aryl methyl sites for hydroxylation is 1. The van der Waals surface area contributed by atoms with Gasteiger partial charge in [0.25, 0.3) is 0 Å². The van der Waals surface area contributed by atoms with Gasteiger partial charge in [0.1, 0.15) is 0 Å². The summed E-state index contributed by atoms with van der Waals surface area (Å²) in [7, 11) is 0. The summed E-state index contributed by atoms with van der Waals surface area (Å²) >= 11 is 3.48. The smallest absolute Gasteiger partial charge is 0.337 e.